The maximum absolute atomic E-state index is 11.8. The number of aliphatic hydroxyl groups excluding tert-OH is 2. The third-order valence-corrected chi connectivity index (χ3v) is 10.9. The molecule has 0 amide bonds. The fourth-order valence-corrected chi connectivity index (χ4v) is 8.81. The Bertz CT molecular complexity index is 815. The van der Waals surface area contributed by atoms with Gasteiger partial charge in [0.05, 0.1) is 12.2 Å². The van der Waals surface area contributed by atoms with Gasteiger partial charge in [0.2, 0.25) is 0 Å². The molecule has 4 aliphatic carbocycles. The average molecular weight is 473 g/mol. The van der Waals surface area contributed by atoms with Crippen molar-refractivity contribution in [3.8, 4) is 0 Å². The largest absolute Gasteiger partial charge is 0.465 e. The van der Waals surface area contributed by atoms with E-state index < -0.39 is 6.10 Å². The van der Waals surface area contributed by atoms with Crippen molar-refractivity contribution < 1.29 is 19.7 Å². The number of carbonyl (C=O) groups is 1. The maximum Gasteiger partial charge on any atom is 0.302 e. The summed E-state index contributed by atoms with van der Waals surface area (Å²) in [6.07, 6.45) is 10.5. The van der Waals surface area contributed by atoms with E-state index in [0.29, 0.717) is 42.6 Å². The number of rotatable bonds is 7. The van der Waals surface area contributed by atoms with Crippen LogP contribution in [-0.4, -0.2) is 35.0 Å². The van der Waals surface area contributed by atoms with Gasteiger partial charge in [0.1, 0.15) is 6.61 Å². The standard InChI is InChI=1S/C30H48O4/c1-18(2)19(3)7-8-20(4)24-9-10-25-28-26(12-13-29(24,25)6)30(17-34-21(5)31)14-11-23(32)15-22(30)16-27(28)33/h16,18,20,23-28,32-33H,3,7-15,17H2,1-2,4-6H3/t20-,23+,24-,25+,26+,27-,28+,29-,30-/m1/s1. The maximum atomic E-state index is 11.8. The molecule has 0 aromatic heterocycles. The van der Waals surface area contributed by atoms with Crippen molar-refractivity contribution in [3.63, 3.8) is 0 Å². The van der Waals surface area contributed by atoms with Gasteiger partial charge < -0.3 is 14.9 Å². The molecule has 0 spiro atoms. The van der Waals surface area contributed by atoms with Crippen molar-refractivity contribution in [2.45, 2.75) is 105 Å². The number of hydrogen-bond donors (Lipinski definition) is 2. The zero-order valence-corrected chi connectivity index (χ0v) is 22.2. The van der Waals surface area contributed by atoms with Crippen molar-refractivity contribution in [2.75, 3.05) is 6.61 Å². The molecule has 0 unspecified atom stereocenters. The highest BCUT2D eigenvalue weighted by molar-refractivity contribution is 5.66. The first-order valence-corrected chi connectivity index (χ1v) is 13.9. The van der Waals surface area contributed by atoms with Gasteiger partial charge in [-0.2, -0.15) is 0 Å². The minimum atomic E-state index is -0.463. The molecule has 4 nitrogen and oxygen atoms in total. The predicted octanol–water partition coefficient (Wildman–Crippen LogP) is 6.07. The van der Waals surface area contributed by atoms with Crippen molar-refractivity contribution >= 4 is 5.97 Å². The highest BCUT2D eigenvalue weighted by atomic mass is 16.5. The molecule has 0 bridgehead atoms. The van der Waals surface area contributed by atoms with Crippen LogP contribution in [0.25, 0.3) is 0 Å². The number of carbonyl (C=O) groups excluding carboxylic acids is 1. The number of aliphatic hydroxyl groups is 2. The molecular weight excluding hydrogens is 424 g/mol. The second kappa shape index (κ2) is 9.73. The third-order valence-electron chi connectivity index (χ3n) is 10.9. The molecule has 3 saturated carbocycles. The lowest BCUT2D eigenvalue weighted by Crippen LogP contribution is -2.57. The van der Waals surface area contributed by atoms with E-state index >= 15 is 0 Å². The van der Waals surface area contributed by atoms with Crippen molar-refractivity contribution in [3.05, 3.63) is 23.8 Å². The fourth-order valence-electron chi connectivity index (χ4n) is 8.81. The molecule has 4 heteroatoms. The van der Waals surface area contributed by atoms with E-state index in [1.165, 1.54) is 38.2 Å². The lowest BCUT2D eigenvalue weighted by Gasteiger charge is -2.60. The molecule has 0 aliphatic heterocycles. The fraction of sp³-hybridized carbons (Fsp3) is 0.833. The van der Waals surface area contributed by atoms with Crippen LogP contribution < -0.4 is 0 Å². The number of esters is 1. The zero-order chi connectivity index (χ0) is 24.8. The van der Waals surface area contributed by atoms with Crippen LogP contribution in [-0.2, 0) is 9.53 Å². The Morgan fingerprint density at radius 3 is 2.56 bits per heavy atom. The minimum absolute atomic E-state index is 0.213. The molecular formula is C30H48O4. The normalized spacial score (nSPS) is 42.3. The Labute approximate surface area is 207 Å². The number of hydrogen-bond acceptors (Lipinski definition) is 4. The Balaban J connectivity index is 1.59. The van der Waals surface area contributed by atoms with Crippen molar-refractivity contribution in [1.29, 1.82) is 0 Å². The first-order chi connectivity index (χ1) is 16.0. The smallest absolute Gasteiger partial charge is 0.302 e. The topological polar surface area (TPSA) is 66.8 Å². The number of ether oxygens (including phenoxy) is 1. The van der Waals surface area contributed by atoms with Crippen molar-refractivity contribution in [1.82, 2.24) is 0 Å². The number of allylic oxidation sites excluding steroid dienone is 1. The van der Waals surface area contributed by atoms with E-state index in [0.717, 1.165) is 31.3 Å². The highest BCUT2D eigenvalue weighted by Gasteiger charge is 2.62. The van der Waals surface area contributed by atoms with Gasteiger partial charge in [-0.15, -0.1) is 0 Å². The first kappa shape index (κ1) is 25.9. The van der Waals surface area contributed by atoms with E-state index in [9.17, 15) is 15.0 Å². The Kier molecular flexibility index (Phi) is 7.43. The van der Waals surface area contributed by atoms with Crippen LogP contribution in [0.3, 0.4) is 0 Å². The van der Waals surface area contributed by atoms with E-state index in [1.54, 1.807) is 0 Å². The third kappa shape index (κ3) is 4.43. The first-order valence-electron chi connectivity index (χ1n) is 13.9. The molecule has 0 saturated heterocycles. The molecule has 9 atom stereocenters. The second-order valence-corrected chi connectivity index (χ2v) is 12.9. The van der Waals surface area contributed by atoms with Crippen LogP contribution in [0.2, 0.25) is 0 Å². The van der Waals surface area contributed by atoms with Gasteiger partial charge in [-0.25, -0.2) is 0 Å². The van der Waals surface area contributed by atoms with Crippen LogP contribution in [0.5, 0.6) is 0 Å². The molecule has 0 aromatic carbocycles. The predicted molar refractivity (Wildman–Crippen MR) is 136 cm³/mol. The van der Waals surface area contributed by atoms with Gasteiger partial charge in [-0.05, 0) is 98.7 Å². The quantitative estimate of drug-likeness (QED) is 0.349. The van der Waals surface area contributed by atoms with Crippen LogP contribution in [0, 0.1) is 46.3 Å². The summed E-state index contributed by atoms with van der Waals surface area (Å²) in [6, 6.07) is 0. The summed E-state index contributed by atoms with van der Waals surface area (Å²) in [7, 11) is 0. The van der Waals surface area contributed by atoms with Gasteiger partial charge >= 0.3 is 5.97 Å². The molecule has 0 heterocycles. The molecule has 3 fully saturated rings. The van der Waals surface area contributed by atoms with E-state index in [1.807, 2.05) is 0 Å². The van der Waals surface area contributed by atoms with Gasteiger partial charge in [0.15, 0.2) is 0 Å². The molecule has 4 rings (SSSR count). The summed E-state index contributed by atoms with van der Waals surface area (Å²) in [5, 5.41) is 21.9. The van der Waals surface area contributed by atoms with Crippen LogP contribution in [0.15, 0.2) is 23.8 Å². The Hall–Kier alpha value is -1.13. The molecule has 4 aliphatic rings. The van der Waals surface area contributed by atoms with Crippen LogP contribution in [0.4, 0.5) is 0 Å². The average Bonchev–Trinajstić information content (AvgIpc) is 3.13. The second-order valence-electron chi connectivity index (χ2n) is 12.9. The summed E-state index contributed by atoms with van der Waals surface area (Å²) in [5.41, 5.74) is 2.54. The summed E-state index contributed by atoms with van der Waals surface area (Å²) in [5.74, 6) is 2.71. The van der Waals surface area contributed by atoms with Gasteiger partial charge in [-0.1, -0.05) is 51.5 Å². The highest BCUT2D eigenvalue weighted by Crippen LogP contribution is 2.67. The Morgan fingerprint density at radius 2 is 1.88 bits per heavy atom. The molecule has 192 valence electrons. The lowest BCUT2D eigenvalue weighted by atomic mass is 9.46. The monoisotopic (exact) mass is 472 g/mol. The van der Waals surface area contributed by atoms with Gasteiger partial charge in [0, 0.05) is 12.3 Å². The molecule has 0 radical (unpaired) electrons. The molecule has 2 N–H and O–H groups in total. The van der Waals surface area contributed by atoms with Gasteiger partial charge in [-0.3, -0.25) is 4.79 Å². The van der Waals surface area contributed by atoms with E-state index in [-0.39, 0.29) is 28.8 Å². The Morgan fingerprint density at radius 1 is 1.15 bits per heavy atom. The molecule has 0 aromatic rings. The minimum Gasteiger partial charge on any atom is -0.465 e. The number of fused-ring (bicyclic) bond motifs is 5. The van der Waals surface area contributed by atoms with Crippen molar-refractivity contribution in [2.24, 2.45) is 46.3 Å². The SMILES string of the molecule is C=C(CC[C@@H](C)[C@H]1CC[C@H]2[C@@H]3[C@H](O)C=C4C[C@@H](O)CC[C@]4(COC(C)=O)[C@H]3CC[C@]12C)C(C)C. The summed E-state index contributed by atoms with van der Waals surface area (Å²) < 4.78 is 5.68. The summed E-state index contributed by atoms with van der Waals surface area (Å²) in [4.78, 5) is 11.8. The summed E-state index contributed by atoms with van der Waals surface area (Å²) >= 11 is 0. The molecule has 34 heavy (non-hydrogen) atoms. The zero-order valence-electron chi connectivity index (χ0n) is 22.2. The van der Waals surface area contributed by atoms with E-state index in [2.05, 4.69) is 40.3 Å². The van der Waals surface area contributed by atoms with Crippen LogP contribution >= 0.6 is 0 Å². The lowest BCUT2D eigenvalue weighted by molar-refractivity contribution is -0.153. The van der Waals surface area contributed by atoms with Crippen LogP contribution in [0.1, 0.15) is 92.4 Å². The summed E-state index contributed by atoms with van der Waals surface area (Å²) in [6.45, 7) is 15.6. The van der Waals surface area contributed by atoms with E-state index in [4.69, 9.17) is 4.74 Å². The van der Waals surface area contributed by atoms with Gasteiger partial charge in [0.25, 0.3) is 0 Å².